The number of fused-ring (bicyclic) bond motifs is 4. The molecule has 5 nitrogen and oxygen atoms in total. The number of carbonyl (C=O) groups excluding carboxylic acids is 1. The number of rotatable bonds is 6. The van der Waals surface area contributed by atoms with Gasteiger partial charge in [-0.25, -0.2) is 0 Å². The Morgan fingerprint density at radius 2 is 2.28 bits per heavy atom. The molecule has 2 aliphatic carbocycles. The highest BCUT2D eigenvalue weighted by Crippen LogP contribution is 2.62. The Balaban J connectivity index is 1.57. The number of carbonyl (C=O) groups is 1. The minimum atomic E-state index is -0.384. The molecule has 0 aromatic rings. The van der Waals surface area contributed by atoms with Gasteiger partial charge in [0.25, 0.3) is 0 Å². The van der Waals surface area contributed by atoms with Gasteiger partial charge in [0.05, 0.1) is 19.1 Å². The fourth-order valence-corrected chi connectivity index (χ4v) is 3.90. The second-order valence-corrected chi connectivity index (χ2v) is 5.40. The van der Waals surface area contributed by atoms with Crippen molar-refractivity contribution in [3.8, 4) is 0 Å². The van der Waals surface area contributed by atoms with Crippen molar-refractivity contribution in [1.29, 1.82) is 0 Å². The molecule has 3 fully saturated rings. The maximum Gasteiger partial charge on any atom is 0.312 e. The fourth-order valence-electron chi connectivity index (χ4n) is 3.90. The number of esters is 1. The summed E-state index contributed by atoms with van der Waals surface area (Å²) in [5.41, 5.74) is -0.384. The summed E-state index contributed by atoms with van der Waals surface area (Å²) >= 11 is 0. The zero-order valence-corrected chi connectivity index (χ0v) is 10.7. The van der Waals surface area contributed by atoms with Gasteiger partial charge in [0, 0.05) is 7.11 Å². The Hall–Kier alpha value is -0.650. The highest BCUT2D eigenvalue weighted by molar-refractivity contribution is 5.79. The Labute approximate surface area is 107 Å². The van der Waals surface area contributed by atoms with E-state index in [-0.39, 0.29) is 24.3 Å². The average Bonchev–Trinajstić information content (AvgIpc) is 2.88. The highest BCUT2D eigenvalue weighted by Gasteiger charge is 2.71. The molecule has 0 aromatic carbocycles. The first-order valence-corrected chi connectivity index (χ1v) is 6.67. The molecule has 0 amide bonds. The van der Waals surface area contributed by atoms with E-state index in [0.29, 0.717) is 31.7 Å². The van der Waals surface area contributed by atoms with Crippen LogP contribution in [-0.2, 0) is 23.7 Å². The van der Waals surface area contributed by atoms with Crippen molar-refractivity contribution < 1.29 is 23.7 Å². The van der Waals surface area contributed by atoms with Crippen molar-refractivity contribution in [3.63, 3.8) is 0 Å². The minimum Gasteiger partial charge on any atom is -0.462 e. The zero-order valence-electron chi connectivity index (χ0n) is 10.7. The summed E-state index contributed by atoms with van der Waals surface area (Å²) in [7, 11) is 1.64. The summed E-state index contributed by atoms with van der Waals surface area (Å²) in [6.07, 6.45) is 3.49. The lowest BCUT2D eigenvalue weighted by Crippen LogP contribution is -2.62. The summed E-state index contributed by atoms with van der Waals surface area (Å²) in [5.74, 6) is 0.852. The minimum absolute atomic E-state index is 0.0453. The Morgan fingerprint density at radius 3 is 3.11 bits per heavy atom. The lowest BCUT2D eigenvalue weighted by atomic mass is 9.56. The normalized spacial score (nSPS) is 41.2. The average molecular weight is 256 g/mol. The maximum atomic E-state index is 11.8. The van der Waals surface area contributed by atoms with Crippen molar-refractivity contribution >= 4 is 5.97 Å². The zero-order chi connectivity index (χ0) is 12.6. The Kier molecular flexibility index (Phi) is 3.30. The molecule has 3 aliphatic rings. The number of ether oxygens (including phenoxy) is 4. The maximum absolute atomic E-state index is 11.8. The molecule has 1 heterocycles. The molecule has 0 radical (unpaired) electrons. The van der Waals surface area contributed by atoms with E-state index in [1.165, 1.54) is 6.42 Å². The summed E-state index contributed by atoms with van der Waals surface area (Å²) in [6, 6.07) is 0. The summed E-state index contributed by atoms with van der Waals surface area (Å²) in [6.45, 7) is 1.70. The van der Waals surface area contributed by atoms with Gasteiger partial charge >= 0.3 is 5.97 Å². The van der Waals surface area contributed by atoms with Crippen LogP contribution in [-0.4, -0.2) is 45.3 Å². The second-order valence-electron chi connectivity index (χ2n) is 5.40. The third-order valence-corrected chi connectivity index (χ3v) is 4.69. The molecule has 1 aliphatic heterocycles. The first kappa shape index (κ1) is 12.4. The smallest absolute Gasteiger partial charge is 0.312 e. The third kappa shape index (κ3) is 1.68. The third-order valence-electron chi connectivity index (χ3n) is 4.69. The Morgan fingerprint density at radius 1 is 1.39 bits per heavy atom. The largest absolute Gasteiger partial charge is 0.462 e. The van der Waals surface area contributed by atoms with Crippen molar-refractivity contribution in [3.05, 3.63) is 0 Å². The van der Waals surface area contributed by atoms with Crippen LogP contribution in [0.25, 0.3) is 0 Å². The van der Waals surface area contributed by atoms with E-state index in [0.717, 1.165) is 12.8 Å². The van der Waals surface area contributed by atoms with Gasteiger partial charge in [-0.05, 0) is 24.7 Å². The van der Waals surface area contributed by atoms with Crippen LogP contribution in [0.1, 0.15) is 19.3 Å². The van der Waals surface area contributed by atoms with Crippen LogP contribution in [0.2, 0.25) is 0 Å². The first-order chi connectivity index (χ1) is 8.79. The van der Waals surface area contributed by atoms with Gasteiger partial charge in [0.2, 0.25) is 0 Å². The molecule has 1 saturated heterocycles. The van der Waals surface area contributed by atoms with E-state index >= 15 is 0 Å². The van der Waals surface area contributed by atoms with Crippen LogP contribution >= 0.6 is 0 Å². The van der Waals surface area contributed by atoms with E-state index < -0.39 is 0 Å². The van der Waals surface area contributed by atoms with E-state index in [4.69, 9.17) is 18.9 Å². The van der Waals surface area contributed by atoms with Crippen molar-refractivity contribution in [2.45, 2.75) is 24.9 Å². The lowest BCUT2D eigenvalue weighted by molar-refractivity contribution is -0.238. The fraction of sp³-hybridized carbons (Fsp3) is 0.923. The molecule has 102 valence electrons. The van der Waals surface area contributed by atoms with Crippen LogP contribution < -0.4 is 0 Å². The van der Waals surface area contributed by atoms with Gasteiger partial charge in [-0.2, -0.15) is 0 Å². The van der Waals surface area contributed by atoms with Crippen LogP contribution in [0.5, 0.6) is 0 Å². The molecule has 0 bridgehead atoms. The van der Waals surface area contributed by atoms with Gasteiger partial charge in [-0.3, -0.25) is 4.79 Å². The predicted octanol–water partition coefficient (Wildman–Crippen LogP) is 0.965. The van der Waals surface area contributed by atoms with Crippen molar-refractivity contribution in [2.24, 2.45) is 17.8 Å². The SMILES string of the molecule is COCCOCO[C@@]12COC(=O)[C@@H]1[C@H]1CCC[C@H]12. The van der Waals surface area contributed by atoms with Crippen molar-refractivity contribution in [2.75, 3.05) is 33.7 Å². The number of hydrogen-bond acceptors (Lipinski definition) is 5. The standard InChI is InChI=1S/C13H20O5/c1-15-5-6-16-8-18-13-7-17-12(14)11(13)9-3-2-4-10(9)13/h9-11H,2-8H2,1H3/t9-,10+,11-,13+/m0/s1. The molecular formula is C13H20O5. The first-order valence-electron chi connectivity index (χ1n) is 6.67. The van der Waals surface area contributed by atoms with Gasteiger partial charge in [-0.1, -0.05) is 6.42 Å². The molecular weight excluding hydrogens is 236 g/mol. The number of cyclic esters (lactones) is 1. The lowest BCUT2D eigenvalue weighted by Gasteiger charge is -2.51. The molecule has 2 saturated carbocycles. The number of methoxy groups -OCH3 is 1. The Bertz CT molecular complexity index is 331. The monoisotopic (exact) mass is 256 g/mol. The predicted molar refractivity (Wildman–Crippen MR) is 61.8 cm³/mol. The molecule has 3 rings (SSSR count). The van der Waals surface area contributed by atoms with Gasteiger partial charge in [0.15, 0.2) is 0 Å². The second kappa shape index (κ2) is 4.79. The van der Waals surface area contributed by atoms with E-state index in [1.807, 2.05) is 0 Å². The molecule has 0 N–H and O–H groups in total. The quantitative estimate of drug-likeness (QED) is 0.402. The summed E-state index contributed by atoms with van der Waals surface area (Å²) < 4.78 is 21.4. The van der Waals surface area contributed by atoms with E-state index in [9.17, 15) is 4.79 Å². The summed E-state index contributed by atoms with van der Waals surface area (Å²) in [4.78, 5) is 11.8. The van der Waals surface area contributed by atoms with Crippen molar-refractivity contribution in [1.82, 2.24) is 0 Å². The van der Waals surface area contributed by atoms with Gasteiger partial charge in [-0.15, -0.1) is 0 Å². The highest BCUT2D eigenvalue weighted by atomic mass is 16.7. The molecule has 4 atom stereocenters. The van der Waals surface area contributed by atoms with Crippen LogP contribution in [0.4, 0.5) is 0 Å². The topological polar surface area (TPSA) is 54.0 Å². The molecule has 5 heteroatoms. The molecule has 18 heavy (non-hydrogen) atoms. The summed E-state index contributed by atoms with van der Waals surface area (Å²) in [5, 5.41) is 0. The van der Waals surface area contributed by atoms with Gasteiger partial charge in [0.1, 0.15) is 19.0 Å². The molecule has 0 unspecified atom stereocenters. The number of hydrogen-bond donors (Lipinski definition) is 0. The van der Waals surface area contributed by atoms with Crippen LogP contribution in [0.3, 0.4) is 0 Å². The molecule has 0 aromatic heterocycles. The van der Waals surface area contributed by atoms with Crippen LogP contribution in [0, 0.1) is 17.8 Å². The van der Waals surface area contributed by atoms with Crippen LogP contribution in [0.15, 0.2) is 0 Å². The van der Waals surface area contributed by atoms with E-state index in [1.54, 1.807) is 7.11 Å². The van der Waals surface area contributed by atoms with Gasteiger partial charge < -0.3 is 18.9 Å². The van der Waals surface area contributed by atoms with E-state index in [2.05, 4.69) is 0 Å². The molecule has 0 spiro atoms.